The Morgan fingerprint density at radius 1 is 1.50 bits per heavy atom. The Labute approximate surface area is 103 Å². The fourth-order valence-corrected chi connectivity index (χ4v) is 2.33. The molecule has 18 heavy (non-hydrogen) atoms. The summed E-state index contributed by atoms with van der Waals surface area (Å²) in [6.07, 6.45) is 0. The van der Waals surface area contributed by atoms with E-state index in [0.717, 1.165) is 12.1 Å². The summed E-state index contributed by atoms with van der Waals surface area (Å²) < 4.78 is 31.8. The highest BCUT2D eigenvalue weighted by Gasteiger charge is 2.51. The lowest BCUT2D eigenvalue weighted by atomic mass is 9.72. The maximum atomic E-state index is 13.8. The average Bonchev–Trinajstić information content (AvgIpc) is 2.23. The summed E-state index contributed by atoms with van der Waals surface area (Å²) in [5.74, 6) is -2.53. The van der Waals surface area contributed by atoms with Crippen molar-refractivity contribution in [1.29, 1.82) is 0 Å². The van der Waals surface area contributed by atoms with E-state index in [9.17, 15) is 13.6 Å². The maximum absolute atomic E-state index is 13.8. The van der Waals surface area contributed by atoms with Crippen molar-refractivity contribution in [1.82, 2.24) is 5.32 Å². The van der Waals surface area contributed by atoms with Crippen LogP contribution in [0.15, 0.2) is 18.2 Å². The standard InChI is InChI=1S/C12H13F2NO3/c1-15-10(11(16)17)12(5-18-6-12)8-3-2-7(13)4-9(8)14/h2-4,10,15H,5-6H2,1H3,(H,16,17). The van der Waals surface area contributed by atoms with Crippen LogP contribution in [0.4, 0.5) is 8.78 Å². The molecule has 1 aliphatic rings. The van der Waals surface area contributed by atoms with Gasteiger partial charge in [0.25, 0.3) is 0 Å². The van der Waals surface area contributed by atoms with Gasteiger partial charge in [-0.25, -0.2) is 8.78 Å². The summed E-state index contributed by atoms with van der Waals surface area (Å²) in [6.45, 7) is 0.181. The van der Waals surface area contributed by atoms with Crippen molar-refractivity contribution >= 4 is 5.97 Å². The molecule has 1 heterocycles. The molecule has 1 aliphatic heterocycles. The number of carboxylic acid groups (broad SMARTS) is 1. The van der Waals surface area contributed by atoms with Crippen molar-refractivity contribution < 1.29 is 23.4 Å². The first-order valence-electron chi connectivity index (χ1n) is 5.44. The molecular formula is C12H13F2NO3. The van der Waals surface area contributed by atoms with Crippen molar-refractivity contribution in [2.24, 2.45) is 0 Å². The normalized spacial score (nSPS) is 19.1. The van der Waals surface area contributed by atoms with Gasteiger partial charge in [-0.3, -0.25) is 4.79 Å². The number of likely N-dealkylation sites (N-methyl/N-ethyl adjacent to an activating group) is 1. The quantitative estimate of drug-likeness (QED) is 0.841. The number of hydrogen-bond donors (Lipinski definition) is 2. The van der Waals surface area contributed by atoms with E-state index in [1.54, 1.807) is 0 Å². The third-order valence-corrected chi connectivity index (χ3v) is 3.27. The van der Waals surface area contributed by atoms with E-state index in [0.29, 0.717) is 0 Å². The molecule has 0 radical (unpaired) electrons. The summed E-state index contributed by atoms with van der Waals surface area (Å²) in [4.78, 5) is 11.2. The van der Waals surface area contributed by atoms with Gasteiger partial charge in [-0.05, 0) is 13.1 Å². The molecule has 1 atom stereocenters. The Balaban J connectivity index is 2.46. The SMILES string of the molecule is CNC(C(=O)O)C1(c2ccc(F)cc2F)COC1. The van der Waals surface area contributed by atoms with E-state index in [2.05, 4.69) is 5.32 Å². The van der Waals surface area contributed by atoms with E-state index < -0.39 is 29.1 Å². The Bertz CT molecular complexity index is 474. The molecule has 2 N–H and O–H groups in total. The van der Waals surface area contributed by atoms with Crippen LogP contribution in [0.25, 0.3) is 0 Å². The number of nitrogens with one attached hydrogen (secondary N) is 1. The molecule has 2 rings (SSSR count). The molecule has 0 aromatic heterocycles. The van der Waals surface area contributed by atoms with Crippen molar-refractivity contribution in [3.63, 3.8) is 0 Å². The third kappa shape index (κ3) is 1.87. The third-order valence-electron chi connectivity index (χ3n) is 3.27. The molecule has 1 aromatic rings. The molecule has 6 heteroatoms. The highest BCUT2D eigenvalue weighted by atomic mass is 19.1. The number of ether oxygens (including phenoxy) is 1. The van der Waals surface area contributed by atoms with Crippen LogP contribution < -0.4 is 5.32 Å². The van der Waals surface area contributed by atoms with E-state index >= 15 is 0 Å². The molecule has 0 spiro atoms. The lowest BCUT2D eigenvalue weighted by Crippen LogP contribution is -2.63. The second-order valence-electron chi connectivity index (χ2n) is 4.33. The Hall–Kier alpha value is -1.53. The summed E-state index contributed by atoms with van der Waals surface area (Å²) in [7, 11) is 1.49. The van der Waals surface area contributed by atoms with Crippen molar-refractivity contribution in [2.45, 2.75) is 11.5 Å². The fourth-order valence-electron chi connectivity index (χ4n) is 2.33. The molecular weight excluding hydrogens is 244 g/mol. The molecule has 4 nitrogen and oxygen atoms in total. The van der Waals surface area contributed by atoms with Crippen LogP contribution >= 0.6 is 0 Å². The van der Waals surface area contributed by atoms with Gasteiger partial charge in [-0.15, -0.1) is 0 Å². The Morgan fingerprint density at radius 2 is 2.17 bits per heavy atom. The molecule has 0 bridgehead atoms. The number of aliphatic carboxylic acids is 1. The van der Waals surface area contributed by atoms with Crippen LogP contribution in [0.2, 0.25) is 0 Å². The first-order valence-corrected chi connectivity index (χ1v) is 5.44. The lowest BCUT2D eigenvalue weighted by Gasteiger charge is -2.45. The van der Waals surface area contributed by atoms with Gasteiger partial charge in [0.15, 0.2) is 0 Å². The smallest absolute Gasteiger partial charge is 0.321 e. The van der Waals surface area contributed by atoms with Crippen LogP contribution in [0, 0.1) is 11.6 Å². The van der Waals surface area contributed by atoms with Crippen LogP contribution in [0.5, 0.6) is 0 Å². The van der Waals surface area contributed by atoms with Crippen molar-refractivity contribution in [3.05, 3.63) is 35.4 Å². The van der Waals surface area contributed by atoms with Gasteiger partial charge in [-0.2, -0.15) is 0 Å². The minimum absolute atomic E-state index is 0.0906. The minimum Gasteiger partial charge on any atom is -0.480 e. The largest absolute Gasteiger partial charge is 0.480 e. The molecule has 1 fully saturated rings. The predicted octanol–water partition coefficient (Wildman–Crippen LogP) is 0.905. The van der Waals surface area contributed by atoms with Crippen molar-refractivity contribution in [2.75, 3.05) is 20.3 Å². The van der Waals surface area contributed by atoms with E-state index in [4.69, 9.17) is 9.84 Å². The monoisotopic (exact) mass is 257 g/mol. The number of hydrogen-bond acceptors (Lipinski definition) is 3. The zero-order chi connectivity index (χ0) is 13.3. The molecule has 1 unspecified atom stereocenters. The van der Waals surface area contributed by atoms with Crippen LogP contribution in [-0.2, 0) is 14.9 Å². The van der Waals surface area contributed by atoms with E-state index in [-0.39, 0.29) is 18.8 Å². The van der Waals surface area contributed by atoms with Gasteiger partial charge in [0.1, 0.15) is 17.7 Å². The van der Waals surface area contributed by atoms with E-state index in [1.165, 1.54) is 13.1 Å². The number of carbonyl (C=O) groups is 1. The van der Waals surface area contributed by atoms with Crippen LogP contribution in [-0.4, -0.2) is 37.4 Å². The summed E-state index contributed by atoms with van der Waals surface area (Å²) in [5, 5.41) is 11.8. The summed E-state index contributed by atoms with van der Waals surface area (Å²) >= 11 is 0. The molecule has 1 aromatic carbocycles. The number of carboxylic acids is 1. The van der Waals surface area contributed by atoms with Crippen LogP contribution in [0.3, 0.4) is 0 Å². The first kappa shape index (κ1) is 12.9. The zero-order valence-corrected chi connectivity index (χ0v) is 9.74. The van der Waals surface area contributed by atoms with Gasteiger partial charge < -0.3 is 15.2 Å². The van der Waals surface area contributed by atoms with Gasteiger partial charge in [0, 0.05) is 11.6 Å². The first-order chi connectivity index (χ1) is 8.51. The number of halogens is 2. The lowest BCUT2D eigenvalue weighted by molar-refractivity contribution is -0.151. The van der Waals surface area contributed by atoms with Gasteiger partial charge in [0.05, 0.1) is 18.6 Å². The highest BCUT2D eigenvalue weighted by molar-refractivity contribution is 5.76. The van der Waals surface area contributed by atoms with E-state index in [1.807, 2.05) is 0 Å². The second kappa shape index (κ2) is 4.62. The minimum atomic E-state index is -1.09. The van der Waals surface area contributed by atoms with Gasteiger partial charge >= 0.3 is 5.97 Å². The van der Waals surface area contributed by atoms with Gasteiger partial charge in [0.2, 0.25) is 0 Å². The molecule has 1 saturated heterocycles. The highest BCUT2D eigenvalue weighted by Crippen LogP contribution is 2.37. The van der Waals surface area contributed by atoms with Gasteiger partial charge in [-0.1, -0.05) is 6.07 Å². The number of rotatable bonds is 4. The molecule has 0 aliphatic carbocycles. The number of benzene rings is 1. The predicted molar refractivity (Wildman–Crippen MR) is 59.3 cm³/mol. The average molecular weight is 257 g/mol. The molecule has 0 saturated carbocycles. The summed E-state index contributed by atoms with van der Waals surface area (Å²) in [5.41, 5.74) is -0.824. The van der Waals surface area contributed by atoms with Crippen LogP contribution in [0.1, 0.15) is 5.56 Å². The Morgan fingerprint density at radius 3 is 2.56 bits per heavy atom. The zero-order valence-electron chi connectivity index (χ0n) is 9.74. The maximum Gasteiger partial charge on any atom is 0.321 e. The summed E-state index contributed by atoms with van der Waals surface area (Å²) in [6, 6.07) is 2.17. The molecule has 98 valence electrons. The molecule has 0 amide bonds. The topological polar surface area (TPSA) is 58.6 Å². The second-order valence-corrected chi connectivity index (χ2v) is 4.33. The Kier molecular flexibility index (Phi) is 3.32. The fraction of sp³-hybridized carbons (Fsp3) is 0.417. The van der Waals surface area contributed by atoms with Crippen molar-refractivity contribution in [3.8, 4) is 0 Å².